The molecule has 0 fully saturated rings. The first-order valence-corrected chi connectivity index (χ1v) is 5.25. The zero-order valence-electron chi connectivity index (χ0n) is 8.86. The van der Waals surface area contributed by atoms with E-state index < -0.39 is 5.97 Å². The number of carbonyl (C=O) groups is 1. The molecular formula is C12H15NO2. The molecule has 1 heterocycles. The highest BCUT2D eigenvalue weighted by molar-refractivity contribution is 5.88. The van der Waals surface area contributed by atoms with Gasteiger partial charge in [0.25, 0.3) is 0 Å². The van der Waals surface area contributed by atoms with Gasteiger partial charge in [0.05, 0.1) is 0 Å². The van der Waals surface area contributed by atoms with Crippen molar-refractivity contribution in [3.8, 4) is 0 Å². The number of carboxylic acids is 1. The molecule has 0 unspecified atom stereocenters. The molecule has 0 amide bonds. The number of nitrogens with zero attached hydrogens (tertiary/aromatic N) is 1. The van der Waals surface area contributed by atoms with E-state index in [1.165, 1.54) is 5.56 Å². The summed E-state index contributed by atoms with van der Waals surface area (Å²) in [5.41, 5.74) is 2.67. The molecule has 1 aromatic rings. The molecule has 0 saturated heterocycles. The number of rotatable bonds is 1. The van der Waals surface area contributed by atoms with Gasteiger partial charge in [-0.05, 0) is 36.8 Å². The van der Waals surface area contributed by atoms with Crippen LogP contribution in [0.25, 0.3) is 0 Å². The highest BCUT2D eigenvalue weighted by Crippen LogP contribution is 2.22. The van der Waals surface area contributed by atoms with Gasteiger partial charge < -0.3 is 9.67 Å². The molecule has 0 saturated carbocycles. The summed E-state index contributed by atoms with van der Waals surface area (Å²) in [6.45, 7) is 0. The number of hydrogen-bond donors (Lipinski definition) is 1. The van der Waals surface area contributed by atoms with Gasteiger partial charge in [-0.15, -0.1) is 0 Å². The molecule has 2 rings (SSSR count). The average molecular weight is 205 g/mol. The summed E-state index contributed by atoms with van der Waals surface area (Å²) in [5.74, 6) is -0.816. The zero-order valence-corrected chi connectivity index (χ0v) is 8.86. The molecule has 3 nitrogen and oxygen atoms in total. The van der Waals surface area contributed by atoms with E-state index in [0.29, 0.717) is 5.69 Å². The van der Waals surface area contributed by atoms with Crippen LogP contribution in [0.1, 0.15) is 34.5 Å². The first-order chi connectivity index (χ1) is 7.20. The molecule has 1 aliphatic carbocycles. The predicted octanol–water partition coefficient (Wildman–Crippen LogP) is 2.16. The fraction of sp³-hybridized carbons (Fsp3) is 0.417. The minimum Gasteiger partial charge on any atom is -0.477 e. The lowest BCUT2D eigenvalue weighted by Crippen LogP contribution is -2.07. The van der Waals surface area contributed by atoms with Gasteiger partial charge in [0.15, 0.2) is 0 Å². The van der Waals surface area contributed by atoms with Gasteiger partial charge in [0.1, 0.15) is 5.69 Å². The molecule has 0 bridgehead atoms. The molecule has 1 N–H and O–H groups in total. The van der Waals surface area contributed by atoms with Gasteiger partial charge >= 0.3 is 5.97 Å². The average Bonchev–Trinajstić information content (AvgIpc) is 2.42. The monoisotopic (exact) mass is 205 g/mol. The van der Waals surface area contributed by atoms with Crippen LogP contribution in [-0.2, 0) is 19.9 Å². The smallest absolute Gasteiger partial charge is 0.352 e. The molecule has 0 atom stereocenters. The van der Waals surface area contributed by atoms with Crippen LogP contribution >= 0.6 is 0 Å². The largest absolute Gasteiger partial charge is 0.477 e. The van der Waals surface area contributed by atoms with Gasteiger partial charge in [0, 0.05) is 13.2 Å². The number of allylic oxidation sites excluding steroid dienone is 2. The van der Waals surface area contributed by atoms with Crippen molar-refractivity contribution in [1.82, 2.24) is 4.57 Å². The number of fused-ring (bicyclic) bond motifs is 1. The van der Waals surface area contributed by atoms with E-state index in [4.69, 9.17) is 5.11 Å². The Balaban J connectivity index is 2.46. The molecule has 0 aromatic carbocycles. The Bertz CT molecular complexity index is 416. The van der Waals surface area contributed by atoms with E-state index in [1.54, 1.807) is 4.57 Å². The van der Waals surface area contributed by atoms with Crippen molar-refractivity contribution in [1.29, 1.82) is 0 Å². The Labute approximate surface area is 89.0 Å². The minimum atomic E-state index is -0.816. The van der Waals surface area contributed by atoms with E-state index in [0.717, 1.165) is 31.2 Å². The summed E-state index contributed by atoms with van der Waals surface area (Å²) in [6, 6.07) is 0. The fourth-order valence-electron chi connectivity index (χ4n) is 2.22. The van der Waals surface area contributed by atoms with Crippen molar-refractivity contribution in [2.45, 2.75) is 25.7 Å². The molecule has 1 aromatic heterocycles. The normalized spacial score (nSPS) is 17.7. The van der Waals surface area contributed by atoms with Crippen LogP contribution in [0.5, 0.6) is 0 Å². The Morgan fingerprint density at radius 1 is 1.33 bits per heavy atom. The van der Waals surface area contributed by atoms with Gasteiger partial charge in [0.2, 0.25) is 0 Å². The Hall–Kier alpha value is -1.51. The number of aryl methyl sites for hydroxylation is 2. The number of aromatic carboxylic acids is 1. The Morgan fingerprint density at radius 2 is 2.00 bits per heavy atom. The number of carboxylic acid groups (broad SMARTS) is 1. The highest BCUT2D eigenvalue weighted by atomic mass is 16.4. The van der Waals surface area contributed by atoms with Crippen molar-refractivity contribution < 1.29 is 9.90 Å². The lowest BCUT2D eigenvalue weighted by molar-refractivity contribution is 0.0685. The molecular weight excluding hydrogens is 190 g/mol. The highest BCUT2D eigenvalue weighted by Gasteiger charge is 2.18. The number of hydrogen-bond acceptors (Lipinski definition) is 1. The molecule has 0 spiro atoms. The van der Waals surface area contributed by atoms with Crippen LogP contribution in [0.3, 0.4) is 0 Å². The first-order valence-electron chi connectivity index (χ1n) is 5.25. The van der Waals surface area contributed by atoms with Crippen LogP contribution in [0.15, 0.2) is 18.3 Å². The maximum absolute atomic E-state index is 11.1. The van der Waals surface area contributed by atoms with Gasteiger partial charge in [-0.3, -0.25) is 0 Å². The van der Waals surface area contributed by atoms with E-state index in [2.05, 4.69) is 12.2 Å². The second-order valence-electron chi connectivity index (χ2n) is 3.95. The zero-order chi connectivity index (χ0) is 10.8. The summed E-state index contributed by atoms with van der Waals surface area (Å²) in [7, 11) is 1.81. The van der Waals surface area contributed by atoms with E-state index in [1.807, 2.05) is 13.2 Å². The van der Waals surface area contributed by atoms with E-state index in [-0.39, 0.29) is 0 Å². The predicted molar refractivity (Wildman–Crippen MR) is 58.2 cm³/mol. The van der Waals surface area contributed by atoms with Crippen LogP contribution in [-0.4, -0.2) is 15.6 Å². The Morgan fingerprint density at radius 3 is 2.67 bits per heavy atom. The topological polar surface area (TPSA) is 42.2 Å². The third-order valence-electron chi connectivity index (χ3n) is 2.89. The molecule has 0 aliphatic heterocycles. The van der Waals surface area contributed by atoms with Crippen molar-refractivity contribution in [3.63, 3.8) is 0 Å². The lowest BCUT2D eigenvalue weighted by Gasteiger charge is -2.06. The molecule has 1 aliphatic rings. The molecule has 80 valence electrons. The number of aromatic nitrogens is 1. The minimum absolute atomic E-state index is 0.459. The van der Waals surface area contributed by atoms with E-state index in [9.17, 15) is 4.79 Å². The summed E-state index contributed by atoms with van der Waals surface area (Å²) in [6.07, 6.45) is 10.0. The van der Waals surface area contributed by atoms with Crippen LogP contribution < -0.4 is 0 Å². The van der Waals surface area contributed by atoms with Crippen LogP contribution in [0, 0.1) is 0 Å². The standard InChI is InChI=1S/C12H15NO2/c1-13-8-9-6-4-2-3-5-7-10(9)11(13)12(14)15/h2-3,8H,4-7H2,1H3,(H,14,15)/b3-2-. The molecule has 15 heavy (non-hydrogen) atoms. The summed E-state index contributed by atoms with van der Waals surface area (Å²) < 4.78 is 1.73. The van der Waals surface area contributed by atoms with E-state index >= 15 is 0 Å². The van der Waals surface area contributed by atoms with Gasteiger partial charge in [-0.25, -0.2) is 4.79 Å². The first kappa shape index (κ1) is 10.0. The lowest BCUT2D eigenvalue weighted by atomic mass is 9.99. The van der Waals surface area contributed by atoms with Crippen molar-refractivity contribution in [2.24, 2.45) is 7.05 Å². The summed E-state index contributed by atoms with van der Waals surface area (Å²) in [5, 5.41) is 9.13. The van der Waals surface area contributed by atoms with Crippen LogP contribution in [0.2, 0.25) is 0 Å². The van der Waals surface area contributed by atoms with Crippen LogP contribution in [0.4, 0.5) is 0 Å². The second kappa shape index (κ2) is 3.93. The second-order valence-corrected chi connectivity index (χ2v) is 3.95. The maximum atomic E-state index is 11.1. The summed E-state index contributed by atoms with van der Waals surface area (Å²) in [4.78, 5) is 11.1. The van der Waals surface area contributed by atoms with Crippen molar-refractivity contribution >= 4 is 5.97 Å². The third-order valence-corrected chi connectivity index (χ3v) is 2.89. The van der Waals surface area contributed by atoms with Crippen molar-refractivity contribution in [3.05, 3.63) is 35.2 Å². The van der Waals surface area contributed by atoms with Gasteiger partial charge in [-0.2, -0.15) is 0 Å². The molecule has 3 heteroatoms. The third kappa shape index (κ3) is 1.82. The quantitative estimate of drug-likeness (QED) is 0.714. The Kier molecular flexibility index (Phi) is 2.62. The maximum Gasteiger partial charge on any atom is 0.352 e. The van der Waals surface area contributed by atoms with Gasteiger partial charge in [-0.1, -0.05) is 12.2 Å². The van der Waals surface area contributed by atoms with Crippen molar-refractivity contribution in [2.75, 3.05) is 0 Å². The molecule has 0 radical (unpaired) electrons. The SMILES string of the molecule is Cn1cc2c(c1C(=O)O)CC/C=C\CC2. The fourth-order valence-corrected chi connectivity index (χ4v) is 2.22. The summed E-state index contributed by atoms with van der Waals surface area (Å²) >= 11 is 0.